The van der Waals surface area contributed by atoms with Crippen LogP contribution < -0.4 is 0 Å². The van der Waals surface area contributed by atoms with Crippen LogP contribution in [0.2, 0.25) is 19.6 Å². The maximum absolute atomic E-state index is 2.74. The van der Waals surface area contributed by atoms with Gasteiger partial charge in [0.2, 0.25) is 0 Å². The Morgan fingerprint density at radius 2 is 1.24 bits per heavy atom. The quantitative estimate of drug-likeness (QED) is 0.313. The molecule has 1 fully saturated rings. The van der Waals surface area contributed by atoms with Gasteiger partial charge in [-0.15, -0.1) is 0 Å². The SMILES string of the molecule is CC(C)(C)c1ccc2c(c1)-c1cc(C(C)(C)C)ccc1[CH]2[Zr]([C]1=CC([Si](C)(C)C)=CC1)=[C]1CCCCC1. The Kier molecular flexibility index (Phi) is 7.28. The molecule has 2 heteroatoms. The Hall–Kier alpha value is -1.11. The molecule has 0 amide bonds. The van der Waals surface area contributed by atoms with Crippen LogP contribution in [-0.2, 0) is 32.1 Å². The molecular weight excluding hydrogens is 540 g/mol. The zero-order chi connectivity index (χ0) is 26.8. The standard InChI is InChI=1S/C21H25.C8H13Si.C6H10.Zr/c1-20(2,3)16-9-7-14-11-15-8-10-17(21(4,5)6)13-19(15)18(14)12-16;1-9(2,3)8-6-4-5-7-8;1-2-4-6-5-3-1;/h7-13H,1-6H3;6-7H,4H2,1-3H3;1-5H2;. The first-order valence-corrected chi connectivity index (χ1v) is 22.1. The molecule has 0 saturated heterocycles. The van der Waals surface area contributed by atoms with Gasteiger partial charge in [0.05, 0.1) is 0 Å². The van der Waals surface area contributed by atoms with Crippen LogP contribution in [0.25, 0.3) is 11.1 Å². The average molecular weight is 588 g/mol. The van der Waals surface area contributed by atoms with E-state index in [0.717, 1.165) is 0 Å². The summed E-state index contributed by atoms with van der Waals surface area (Å²) in [5, 5.41) is 1.71. The average Bonchev–Trinajstić information content (AvgIpc) is 3.43. The molecule has 0 aliphatic heterocycles. The zero-order valence-electron chi connectivity index (χ0n) is 24.9. The summed E-state index contributed by atoms with van der Waals surface area (Å²) in [6, 6.07) is 15.2. The molecule has 0 radical (unpaired) electrons. The van der Waals surface area contributed by atoms with E-state index >= 15 is 0 Å². The Morgan fingerprint density at radius 1 is 0.730 bits per heavy atom. The van der Waals surface area contributed by atoms with Gasteiger partial charge in [0.25, 0.3) is 0 Å². The number of allylic oxidation sites excluding steroid dienone is 4. The van der Waals surface area contributed by atoms with Crippen molar-refractivity contribution in [3.05, 3.63) is 79.3 Å². The van der Waals surface area contributed by atoms with Crippen molar-refractivity contribution in [2.45, 2.75) is 114 Å². The van der Waals surface area contributed by atoms with Crippen molar-refractivity contribution in [3.63, 3.8) is 0 Å². The predicted octanol–water partition coefficient (Wildman–Crippen LogP) is 10.2. The molecule has 0 spiro atoms. The van der Waals surface area contributed by atoms with E-state index in [1.807, 2.05) is 6.49 Å². The summed E-state index contributed by atoms with van der Waals surface area (Å²) in [6.45, 7) is 21.7. The van der Waals surface area contributed by atoms with Crippen LogP contribution in [0.15, 0.2) is 57.0 Å². The van der Waals surface area contributed by atoms with Gasteiger partial charge < -0.3 is 0 Å². The summed E-state index contributed by atoms with van der Waals surface area (Å²) in [5.74, 6) is 0. The van der Waals surface area contributed by atoms with Crippen LogP contribution in [0.1, 0.15) is 106 Å². The number of hydrogen-bond acceptors (Lipinski definition) is 0. The first kappa shape index (κ1) is 27.5. The van der Waals surface area contributed by atoms with Crippen molar-refractivity contribution in [2.75, 3.05) is 0 Å². The minimum atomic E-state index is -2.16. The van der Waals surface area contributed by atoms with Gasteiger partial charge in [-0.05, 0) is 0 Å². The van der Waals surface area contributed by atoms with E-state index in [1.165, 1.54) is 49.7 Å². The molecule has 37 heavy (non-hydrogen) atoms. The van der Waals surface area contributed by atoms with Crippen molar-refractivity contribution < 1.29 is 21.3 Å². The Morgan fingerprint density at radius 3 is 1.68 bits per heavy atom. The number of benzene rings is 2. The van der Waals surface area contributed by atoms with E-state index in [4.69, 9.17) is 0 Å². The fourth-order valence-electron chi connectivity index (χ4n) is 6.59. The molecule has 0 heterocycles. The van der Waals surface area contributed by atoms with Crippen LogP contribution in [0.4, 0.5) is 0 Å². The van der Waals surface area contributed by atoms with Crippen molar-refractivity contribution in [1.82, 2.24) is 0 Å². The molecule has 0 N–H and O–H groups in total. The normalized spacial score (nSPS) is 18.5. The first-order valence-electron chi connectivity index (χ1n) is 14.7. The third kappa shape index (κ3) is 5.36. The van der Waals surface area contributed by atoms with Crippen molar-refractivity contribution >= 4 is 11.3 Å². The predicted molar refractivity (Wildman–Crippen MR) is 163 cm³/mol. The van der Waals surface area contributed by atoms with E-state index in [-0.39, 0.29) is 10.8 Å². The summed E-state index contributed by atoms with van der Waals surface area (Å²) >= 11 is -2.16. The van der Waals surface area contributed by atoms with Crippen LogP contribution >= 0.6 is 0 Å². The van der Waals surface area contributed by atoms with Gasteiger partial charge in [-0.25, -0.2) is 0 Å². The fourth-order valence-corrected chi connectivity index (χ4v) is 17.8. The van der Waals surface area contributed by atoms with E-state index in [1.54, 1.807) is 27.5 Å². The van der Waals surface area contributed by atoms with Gasteiger partial charge in [-0.1, -0.05) is 0 Å². The van der Waals surface area contributed by atoms with Crippen LogP contribution in [-0.4, -0.2) is 11.3 Å². The van der Waals surface area contributed by atoms with Gasteiger partial charge in [0.15, 0.2) is 0 Å². The van der Waals surface area contributed by atoms with Crippen molar-refractivity contribution in [2.24, 2.45) is 0 Å². The zero-order valence-corrected chi connectivity index (χ0v) is 28.4. The molecule has 0 nitrogen and oxygen atoms in total. The second-order valence-electron chi connectivity index (χ2n) is 14.9. The molecular formula is C35H48SiZr. The van der Waals surface area contributed by atoms with E-state index < -0.39 is 29.3 Å². The molecule has 1 saturated carbocycles. The second kappa shape index (κ2) is 9.82. The molecule has 2 aromatic rings. The molecule has 2 aromatic carbocycles. The van der Waals surface area contributed by atoms with Crippen molar-refractivity contribution in [1.29, 1.82) is 0 Å². The van der Waals surface area contributed by atoms with Gasteiger partial charge in [0, 0.05) is 0 Å². The molecule has 5 rings (SSSR count). The molecule has 0 atom stereocenters. The van der Waals surface area contributed by atoms with Crippen molar-refractivity contribution in [3.8, 4) is 11.1 Å². The number of hydrogen-bond donors (Lipinski definition) is 0. The monoisotopic (exact) mass is 586 g/mol. The molecule has 0 unspecified atom stereocenters. The van der Waals surface area contributed by atoms with E-state index in [0.29, 0.717) is 3.63 Å². The van der Waals surface area contributed by atoms with Gasteiger partial charge in [0.1, 0.15) is 0 Å². The minimum absolute atomic E-state index is 0.165. The summed E-state index contributed by atoms with van der Waals surface area (Å²) in [7, 11) is -1.29. The van der Waals surface area contributed by atoms with Crippen LogP contribution in [0.3, 0.4) is 0 Å². The number of fused-ring (bicyclic) bond motifs is 3. The summed E-state index contributed by atoms with van der Waals surface area (Å²) in [4.78, 5) is 0. The van der Waals surface area contributed by atoms with E-state index in [2.05, 4.69) is 110 Å². The molecule has 0 aromatic heterocycles. The van der Waals surface area contributed by atoms with Gasteiger partial charge in [-0.3, -0.25) is 0 Å². The molecule has 0 bridgehead atoms. The van der Waals surface area contributed by atoms with Gasteiger partial charge >= 0.3 is 237 Å². The van der Waals surface area contributed by atoms with Crippen LogP contribution in [0.5, 0.6) is 0 Å². The first-order chi connectivity index (χ1) is 17.2. The third-order valence-corrected chi connectivity index (χ3v) is 19.6. The molecule has 196 valence electrons. The topological polar surface area (TPSA) is 0 Å². The third-order valence-electron chi connectivity index (χ3n) is 8.96. The summed E-state index contributed by atoms with van der Waals surface area (Å²) in [6.07, 6.45) is 13.7. The van der Waals surface area contributed by atoms with Crippen LogP contribution in [0, 0.1) is 0 Å². The molecule has 3 aliphatic carbocycles. The summed E-state index contributed by atoms with van der Waals surface area (Å²) < 4.78 is 4.55. The molecule has 3 aliphatic rings. The Labute approximate surface area is 235 Å². The summed E-state index contributed by atoms with van der Waals surface area (Å²) in [5.41, 5.74) is 9.68. The fraction of sp³-hybridized carbons (Fsp3) is 0.514. The van der Waals surface area contributed by atoms with E-state index in [9.17, 15) is 0 Å². The number of rotatable bonds is 3. The van der Waals surface area contributed by atoms with Gasteiger partial charge in [-0.2, -0.15) is 0 Å². The Balaban J connectivity index is 1.75. The second-order valence-corrected chi connectivity index (χ2v) is 26.7. The maximum atomic E-state index is 2.74. The Bertz CT molecular complexity index is 1240.